The first-order chi connectivity index (χ1) is 12.8. The lowest BCUT2D eigenvalue weighted by Gasteiger charge is -2.15. The van der Waals surface area contributed by atoms with Crippen molar-refractivity contribution in [1.82, 2.24) is 20.2 Å². The second-order valence-electron chi connectivity index (χ2n) is 6.31. The Bertz CT molecular complexity index is 1140. The number of H-pyrrole nitrogens is 1. The Morgan fingerprint density at radius 3 is 3.08 bits per heavy atom. The van der Waals surface area contributed by atoms with Crippen LogP contribution in [0.1, 0.15) is 29.2 Å². The fourth-order valence-electron chi connectivity index (χ4n) is 3.53. The molecule has 1 aromatic carbocycles. The van der Waals surface area contributed by atoms with E-state index >= 15 is 0 Å². The van der Waals surface area contributed by atoms with E-state index in [1.54, 1.807) is 12.4 Å². The number of oxazole rings is 1. The number of nitrogens with one attached hydrogen (secondary N) is 2. The van der Waals surface area contributed by atoms with Crippen molar-refractivity contribution in [3.8, 4) is 17.5 Å². The number of aryl methyl sites for hydroxylation is 1. The van der Waals surface area contributed by atoms with Crippen LogP contribution in [0.25, 0.3) is 22.4 Å². The molecule has 7 nitrogen and oxygen atoms in total. The number of aromatic amines is 1. The molecule has 126 valence electrons. The molecule has 7 heteroatoms. The van der Waals surface area contributed by atoms with Crippen LogP contribution in [0.4, 0.5) is 5.82 Å². The van der Waals surface area contributed by atoms with E-state index in [1.165, 1.54) is 17.5 Å². The summed E-state index contributed by atoms with van der Waals surface area (Å²) in [6.45, 7) is 0. The molecular weight excluding hydrogens is 328 g/mol. The summed E-state index contributed by atoms with van der Waals surface area (Å²) in [6, 6.07) is 10.2. The zero-order chi connectivity index (χ0) is 17.5. The minimum absolute atomic E-state index is 0.184. The lowest BCUT2D eigenvalue weighted by atomic mass is 10.1. The SMILES string of the molecule is N#Cc1ccc2c(c1)CCC2Nc1cc2c(-c3cnco3)n[nH]c2cn1. The molecule has 3 heterocycles. The van der Waals surface area contributed by atoms with E-state index in [4.69, 9.17) is 9.68 Å². The predicted molar refractivity (Wildman–Crippen MR) is 95.2 cm³/mol. The van der Waals surface area contributed by atoms with E-state index in [0.717, 1.165) is 29.6 Å². The summed E-state index contributed by atoms with van der Waals surface area (Å²) in [6.07, 6.45) is 6.73. The van der Waals surface area contributed by atoms with Crippen molar-refractivity contribution in [3.05, 3.63) is 59.7 Å². The lowest BCUT2D eigenvalue weighted by Crippen LogP contribution is -2.08. The summed E-state index contributed by atoms with van der Waals surface area (Å²) in [5, 5.41) is 20.8. The minimum Gasteiger partial charge on any atom is -0.442 e. The van der Waals surface area contributed by atoms with Crippen molar-refractivity contribution in [2.75, 3.05) is 5.32 Å². The van der Waals surface area contributed by atoms with Gasteiger partial charge in [0.2, 0.25) is 0 Å². The van der Waals surface area contributed by atoms with Crippen molar-refractivity contribution in [2.45, 2.75) is 18.9 Å². The van der Waals surface area contributed by atoms with Gasteiger partial charge in [-0.1, -0.05) is 6.07 Å². The summed E-state index contributed by atoms with van der Waals surface area (Å²) in [4.78, 5) is 8.45. The fourth-order valence-corrected chi connectivity index (χ4v) is 3.53. The van der Waals surface area contributed by atoms with Gasteiger partial charge in [0.1, 0.15) is 11.5 Å². The van der Waals surface area contributed by atoms with Crippen LogP contribution in [0.5, 0.6) is 0 Å². The van der Waals surface area contributed by atoms with Gasteiger partial charge >= 0.3 is 0 Å². The highest BCUT2D eigenvalue weighted by Crippen LogP contribution is 2.35. The average Bonchev–Trinajstić information content (AvgIpc) is 3.40. The molecule has 4 aromatic rings. The smallest absolute Gasteiger partial charge is 0.181 e. The van der Waals surface area contributed by atoms with Crippen LogP contribution in [0.3, 0.4) is 0 Å². The Balaban J connectivity index is 1.48. The number of benzene rings is 1. The molecule has 0 bridgehead atoms. The monoisotopic (exact) mass is 342 g/mol. The van der Waals surface area contributed by atoms with Gasteiger partial charge in [-0.25, -0.2) is 9.97 Å². The van der Waals surface area contributed by atoms with Gasteiger partial charge in [-0.2, -0.15) is 10.4 Å². The summed E-state index contributed by atoms with van der Waals surface area (Å²) in [5.41, 5.74) is 4.72. The van der Waals surface area contributed by atoms with Crippen molar-refractivity contribution < 1.29 is 4.42 Å². The highest BCUT2D eigenvalue weighted by Gasteiger charge is 2.23. The van der Waals surface area contributed by atoms with Crippen LogP contribution in [-0.4, -0.2) is 20.2 Å². The number of rotatable bonds is 3. The first-order valence-corrected chi connectivity index (χ1v) is 8.34. The molecule has 2 N–H and O–H groups in total. The molecular formula is C19H14N6O. The van der Waals surface area contributed by atoms with Gasteiger partial charge in [-0.3, -0.25) is 5.10 Å². The maximum Gasteiger partial charge on any atom is 0.181 e. The third-order valence-corrected chi connectivity index (χ3v) is 4.78. The van der Waals surface area contributed by atoms with E-state index in [1.807, 2.05) is 24.3 Å². The standard InChI is InChI=1S/C19H14N6O/c20-7-11-1-3-13-12(5-11)2-4-15(13)23-18-6-14-16(8-22-18)24-25-19(14)17-9-21-10-26-17/h1,3,5-6,8-10,15H,2,4H2,(H,22,23)(H,24,25). The van der Waals surface area contributed by atoms with Gasteiger partial charge in [0, 0.05) is 5.39 Å². The normalized spacial score (nSPS) is 15.7. The molecule has 1 aliphatic rings. The number of fused-ring (bicyclic) bond motifs is 2. The van der Waals surface area contributed by atoms with Crippen LogP contribution in [0, 0.1) is 11.3 Å². The Hall–Kier alpha value is -3.66. The molecule has 0 amide bonds. The largest absolute Gasteiger partial charge is 0.442 e. The van der Waals surface area contributed by atoms with Crippen LogP contribution in [-0.2, 0) is 6.42 Å². The molecule has 1 atom stereocenters. The Morgan fingerprint density at radius 2 is 2.23 bits per heavy atom. The second-order valence-corrected chi connectivity index (χ2v) is 6.31. The Morgan fingerprint density at radius 1 is 1.27 bits per heavy atom. The van der Waals surface area contributed by atoms with E-state index in [2.05, 4.69) is 31.6 Å². The number of pyridine rings is 1. The van der Waals surface area contributed by atoms with Crippen molar-refractivity contribution in [2.24, 2.45) is 0 Å². The van der Waals surface area contributed by atoms with Gasteiger partial charge in [0.25, 0.3) is 0 Å². The number of hydrogen-bond acceptors (Lipinski definition) is 6. The Kier molecular flexibility index (Phi) is 3.22. The molecule has 1 unspecified atom stereocenters. The topological polar surface area (TPSA) is 103 Å². The van der Waals surface area contributed by atoms with Crippen LogP contribution in [0.15, 0.2) is 47.5 Å². The number of anilines is 1. The molecule has 0 fully saturated rings. The number of hydrogen-bond donors (Lipinski definition) is 2. The van der Waals surface area contributed by atoms with Crippen molar-refractivity contribution >= 4 is 16.7 Å². The van der Waals surface area contributed by atoms with Crippen LogP contribution in [0.2, 0.25) is 0 Å². The highest BCUT2D eigenvalue weighted by atomic mass is 16.3. The van der Waals surface area contributed by atoms with Crippen molar-refractivity contribution in [3.63, 3.8) is 0 Å². The molecule has 0 radical (unpaired) electrons. The first kappa shape index (κ1) is 14.7. The maximum atomic E-state index is 9.06. The molecule has 5 rings (SSSR count). The van der Waals surface area contributed by atoms with Gasteiger partial charge in [-0.05, 0) is 42.2 Å². The molecule has 0 saturated heterocycles. The summed E-state index contributed by atoms with van der Waals surface area (Å²) in [7, 11) is 0. The van der Waals surface area contributed by atoms with E-state index in [9.17, 15) is 0 Å². The highest BCUT2D eigenvalue weighted by molar-refractivity contribution is 5.92. The fraction of sp³-hybridized carbons (Fsp3) is 0.158. The number of nitriles is 1. The van der Waals surface area contributed by atoms with Gasteiger partial charge in [-0.15, -0.1) is 0 Å². The van der Waals surface area contributed by atoms with Crippen LogP contribution >= 0.6 is 0 Å². The molecule has 0 spiro atoms. The van der Waals surface area contributed by atoms with Gasteiger partial charge in [0.15, 0.2) is 12.2 Å². The first-order valence-electron chi connectivity index (χ1n) is 8.34. The summed E-state index contributed by atoms with van der Waals surface area (Å²) >= 11 is 0. The third kappa shape index (κ3) is 2.31. The quantitative estimate of drug-likeness (QED) is 0.590. The van der Waals surface area contributed by atoms with E-state index in [0.29, 0.717) is 17.0 Å². The number of nitrogens with zero attached hydrogens (tertiary/aromatic N) is 4. The molecule has 1 aliphatic carbocycles. The average molecular weight is 342 g/mol. The minimum atomic E-state index is 0.184. The summed E-state index contributed by atoms with van der Waals surface area (Å²) in [5.74, 6) is 1.39. The molecule has 0 saturated carbocycles. The third-order valence-electron chi connectivity index (χ3n) is 4.78. The Labute approximate surface area is 148 Å². The maximum absolute atomic E-state index is 9.06. The molecule has 26 heavy (non-hydrogen) atoms. The van der Waals surface area contributed by atoms with Gasteiger partial charge in [0.05, 0.1) is 35.6 Å². The van der Waals surface area contributed by atoms with Crippen molar-refractivity contribution in [1.29, 1.82) is 5.26 Å². The zero-order valence-corrected chi connectivity index (χ0v) is 13.7. The van der Waals surface area contributed by atoms with Crippen LogP contribution < -0.4 is 5.32 Å². The number of aromatic nitrogens is 4. The zero-order valence-electron chi connectivity index (χ0n) is 13.7. The predicted octanol–water partition coefficient (Wildman–Crippen LogP) is 3.58. The van der Waals surface area contributed by atoms with E-state index in [-0.39, 0.29) is 6.04 Å². The summed E-state index contributed by atoms with van der Waals surface area (Å²) < 4.78 is 5.37. The van der Waals surface area contributed by atoms with E-state index < -0.39 is 0 Å². The second kappa shape index (κ2) is 5.70. The lowest BCUT2D eigenvalue weighted by molar-refractivity contribution is 0.570. The molecule has 3 aromatic heterocycles. The molecule has 0 aliphatic heterocycles. The van der Waals surface area contributed by atoms with Gasteiger partial charge < -0.3 is 9.73 Å².